The average Bonchev–Trinajstić information content (AvgIpc) is 3.33. The molecule has 1 aliphatic rings. The number of halogens is 1. The first-order chi connectivity index (χ1) is 14.5. The molecule has 7 heteroatoms. The van der Waals surface area contributed by atoms with Gasteiger partial charge in [-0.15, -0.1) is 0 Å². The summed E-state index contributed by atoms with van der Waals surface area (Å²) < 4.78 is 1.79. The molecule has 2 aromatic carbocycles. The summed E-state index contributed by atoms with van der Waals surface area (Å²) in [6.45, 7) is 1.98. The van der Waals surface area contributed by atoms with Crippen LogP contribution in [0.3, 0.4) is 0 Å². The lowest BCUT2D eigenvalue weighted by Crippen LogP contribution is -2.33. The fourth-order valence-electron chi connectivity index (χ4n) is 4.28. The second kappa shape index (κ2) is 7.29. The maximum Gasteiger partial charge on any atom is 0.257 e. The Morgan fingerprint density at radius 1 is 1.13 bits per heavy atom. The summed E-state index contributed by atoms with van der Waals surface area (Å²) >= 11 is 6.28. The van der Waals surface area contributed by atoms with Crippen molar-refractivity contribution in [3.63, 3.8) is 0 Å². The van der Waals surface area contributed by atoms with E-state index < -0.39 is 0 Å². The third-order valence-electron chi connectivity index (χ3n) is 5.83. The van der Waals surface area contributed by atoms with E-state index >= 15 is 0 Å². The highest BCUT2D eigenvalue weighted by Gasteiger charge is 2.27. The van der Waals surface area contributed by atoms with Crippen LogP contribution in [-0.2, 0) is 0 Å². The van der Waals surface area contributed by atoms with Crippen LogP contribution in [0.2, 0.25) is 5.02 Å². The number of nitrogens with zero attached hydrogens (tertiary/aromatic N) is 3. The van der Waals surface area contributed by atoms with E-state index in [0.29, 0.717) is 27.6 Å². The number of carbonyl (C=O) groups excluding carboxylic acids is 1. The number of aromatic nitrogens is 3. The van der Waals surface area contributed by atoms with Gasteiger partial charge in [0.25, 0.3) is 5.91 Å². The molecule has 2 heterocycles. The number of anilines is 1. The van der Waals surface area contributed by atoms with Crippen molar-refractivity contribution in [3.05, 3.63) is 58.6 Å². The van der Waals surface area contributed by atoms with Gasteiger partial charge in [0.1, 0.15) is 16.9 Å². The van der Waals surface area contributed by atoms with Gasteiger partial charge in [0.15, 0.2) is 5.65 Å². The molecule has 2 aromatic heterocycles. The monoisotopic (exact) mass is 419 g/mol. The number of nitrogens with two attached hydrogens (primary N) is 1. The molecule has 4 aromatic rings. The van der Waals surface area contributed by atoms with Gasteiger partial charge in [0, 0.05) is 11.1 Å². The van der Waals surface area contributed by atoms with E-state index in [4.69, 9.17) is 27.3 Å². The maximum atomic E-state index is 13.3. The molecule has 152 valence electrons. The van der Waals surface area contributed by atoms with Crippen LogP contribution in [0.4, 0.5) is 5.82 Å². The molecule has 1 saturated carbocycles. The number of hydrogen-bond acceptors (Lipinski definition) is 4. The van der Waals surface area contributed by atoms with Crippen LogP contribution in [0.25, 0.3) is 27.9 Å². The molecule has 3 N–H and O–H groups in total. The van der Waals surface area contributed by atoms with Crippen LogP contribution in [0.15, 0.2) is 42.5 Å². The largest absolute Gasteiger partial charge is 0.384 e. The first-order valence-electron chi connectivity index (χ1n) is 10.2. The van der Waals surface area contributed by atoms with Crippen molar-refractivity contribution < 1.29 is 4.79 Å². The zero-order chi connectivity index (χ0) is 20.8. The van der Waals surface area contributed by atoms with E-state index in [0.717, 1.165) is 48.0 Å². The predicted octanol–water partition coefficient (Wildman–Crippen LogP) is 4.79. The van der Waals surface area contributed by atoms with Gasteiger partial charge in [0.2, 0.25) is 0 Å². The molecular weight excluding hydrogens is 398 g/mol. The Kier molecular flexibility index (Phi) is 4.59. The molecule has 0 radical (unpaired) electrons. The Bertz CT molecular complexity index is 1290. The number of fused-ring (bicyclic) bond motifs is 2. The number of aryl methyl sites for hydroxylation is 1. The second-order valence-electron chi connectivity index (χ2n) is 7.87. The molecule has 1 amide bonds. The summed E-state index contributed by atoms with van der Waals surface area (Å²) in [5.74, 6) is 0.119. The van der Waals surface area contributed by atoms with Gasteiger partial charge in [0.05, 0.1) is 16.7 Å². The van der Waals surface area contributed by atoms with Gasteiger partial charge in [-0.3, -0.25) is 9.36 Å². The lowest BCUT2D eigenvalue weighted by molar-refractivity contribution is 0.0940. The van der Waals surface area contributed by atoms with Crippen molar-refractivity contribution >= 4 is 45.5 Å². The van der Waals surface area contributed by atoms with E-state index in [2.05, 4.69) is 5.32 Å². The average molecular weight is 420 g/mol. The Morgan fingerprint density at radius 3 is 2.57 bits per heavy atom. The van der Waals surface area contributed by atoms with E-state index in [1.807, 2.05) is 49.4 Å². The minimum absolute atomic E-state index is 0.177. The highest BCUT2D eigenvalue weighted by Crippen LogP contribution is 2.33. The summed E-state index contributed by atoms with van der Waals surface area (Å²) in [7, 11) is 0. The van der Waals surface area contributed by atoms with Gasteiger partial charge in [-0.1, -0.05) is 42.6 Å². The smallest absolute Gasteiger partial charge is 0.257 e. The van der Waals surface area contributed by atoms with Gasteiger partial charge < -0.3 is 11.1 Å². The van der Waals surface area contributed by atoms with Crippen molar-refractivity contribution in [3.8, 4) is 5.69 Å². The lowest BCUT2D eigenvalue weighted by Gasteiger charge is -2.13. The number of rotatable bonds is 3. The van der Waals surface area contributed by atoms with Gasteiger partial charge >= 0.3 is 0 Å². The minimum atomic E-state index is -0.201. The summed E-state index contributed by atoms with van der Waals surface area (Å²) in [6.07, 6.45) is 4.25. The highest BCUT2D eigenvalue weighted by atomic mass is 35.5. The summed E-state index contributed by atoms with van der Waals surface area (Å²) in [5, 5.41) is 3.73. The van der Waals surface area contributed by atoms with E-state index in [1.165, 1.54) is 0 Å². The number of nitrogen functional groups attached to an aromatic ring is 1. The predicted molar refractivity (Wildman–Crippen MR) is 120 cm³/mol. The maximum absolute atomic E-state index is 13.3. The third-order valence-corrected chi connectivity index (χ3v) is 6.06. The number of amides is 1. The SMILES string of the molecule is Cc1ccc(Cl)cc1-n1c(N)c(C(=O)NC2CCCC2)c2nc3ccccc3nc21. The van der Waals surface area contributed by atoms with Crippen LogP contribution in [-0.4, -0.2) is 26.5 Å². The van der Waals surface area contributed by atoms with E-state index in [1.54, 1.807) is 4.57 Å². The van der Waals surface area contributed by atoms with Crippen molar-refractivity contribution in [1.82, 2.24) is 19.9 Å². The van der Waals surface area contributed by atoms with Crippen molar-refractivity contribution in [2.45, 2.75) is 38.6 Å². The molecular formula is C23H22ClN5O. The Labute approximate surface area is 179 Å². The zero-order valence-electron chi connectivity index (χ0n) is 16.7. The van der Waals surface area contributed by atoms with Crippen LogP contribution >= 0.6 is 11.6 Å². The molecule has 0 unspecified atom stereocenters. The van der Waals surface area contributed by atoms with Gasteiger partial charge in [-0.25, -0.2) is 9.97 Å². The van der Waals surface area contributed by atoms with Crippen molar-refractivity contribution in [1.29, 1.82) is 0 Å². The van der Waals surface area contributed by atoms with E-state index in [9.17, 15) is 4.79 Å². The Morgan fingerprint density at radius 2 is 1.83 bits per heavy atom. The molecule has 1 fully saturated rings. The fourth-order valence-corrected chi connectivity index (χ4v) is 4.45. The van der Waals surface area contributed by atoms with Crippen LogP contribution in [0, 0.1) is 6.92 Å². The van der Waals surface area contributed by atoms with Gasteiger partial charge in [-0.2, -0.15) is 0 Å². The number of nitrogens with one attached hydrogen (secondary N) is 1. The molecule has 6 nitrogen and oxygen atoms in total. The topological polar surface area (TPSA) is 85.8 Å². The number of benzene rings is 2. The molecule has 0 saturated heterocycles. The zero-order valence-corrected chi connectivity index (χ0v) is 17.4. The Hall–Kier alpha value is -3.12. The lowest BCUT2D eigenvalue weighted by atomic mass is 10.2. The number of para-hydroxylation sites is 2. The normalized spacial score (nSPS) is 14.6. The standard InChI is InChI=1S/C23H22ClN5O/c1-13-10-11-14(24)12-18(13)29-21(25)19(23(30)26-15-6-2-3-7-15)20-22(29)28-17-9-5-4-8-16(17)27-20/h4-5,8-12,15H,2-3,6-7,25H2,1H3,(H,26,30). The number of hydrogen-bond donors (Lipinski definition) is 2. The molecule has 30 heavy (non-hydrogen) atoms. The first-order valence-corrected chi connectivity index (χ1v) is 10.5. The molecule has 0 aliphatic heterocycles. The molecule has 0 spiro atoms. The first kappa shape index (κ1) is 18.9. The molecule has 0 atom stereocenters. The third kappa shape index (κ3) is 3.08. The minimum Gasteiger partial charge on any atom is -0.384 e. The number of carbonyl (C=O) groups is 1. The highest BCUT2D eigenvalue weighted by molar-refractivity contribution is 6.30. The summed E-state index contributed by atoms with van der Waals surface area (Å²) in [4.78, 5) is 22.9. The fraction of sp³-hybridized carbons (Fsp3) is 0.261. The second-order valence-corrected chi connectivity index (χ2v) is 8.30. The van der Waals surface area contributed by atoms with Crippen LogP contribution in [0.1, 0.15) is 41.6 Å². The van der Waals surface area contributed by atoms with Crippen LogP contribution < -0.4 is 11.1 Å². The van der Waals surface area contributed by atoms with Crippen LogP contribution in [0.5, 0.6) is 0 Å². The van der Waals surface area contributed by atoms with Gasteiger partial charge in [-0.05, 0) is 49.6 Å². The Balaban J connectivity index is 1.78. The van der Waals surface area contributed by atoms with Crippen molar-refractivity contribution in [2.24, 2.45) is 0 Å². The summed E-state index contributed by atoms with van der Waals surface area (Å²) in [5.41, 5.74) is 11.2. The quantitative estimate of drug-likeness (QED) is 0.500. The van der Waals surface area contributed by atoms with Crippen molar-refractivity contribution in [2.75, 3.05) is 5.73 Å². The molecule has 1 aliphatic carbocycles. The molecule has 0 bridgehead atoms. The molecule has 5 rings (SSSR count). The van der Waals surface area contributed by atoms with E-state index in [-0.39, 0.29) is 11.9 Å². The summed E-state index contributed by atoms with van der Waals surface area (Å²) in [6, 6.07) is 13.4.